The summed E-state index contributed by atoms with van der Waals surface area (Å²) in [5, 5.41) is 0.645. The fourth-order valence-corrected chi connectivity index (χ4v) is 3.95. The lowest BCUT2D eigenvalue weighted by molar-refractivity contribution is 0.171. The summed E-state index contributed by atoms with van der Waals surface area (Å²) in [5.41, 5.74) is 2.56. The van der Waals surface area contributed by atoms with Crippen LogP contribution in [0, 0.1) is 0 Å². The third kappa shape index (κ3) is 2.81. The smallest absolute Gasteiger partial charge is 0.179 e. The lowest BCUT2D eigenvalue weighted by Crippen LogP contribution is -2.24. The molecule has 1 saturated heterocycles. The zero-order chi connectivity index (χ0) is 15.8. The average molecular weight is 333 g/mol. The van der Waals surface area contributed by atoms with E-state index in [9.17, 15) is 0 Å². The Labute approximate surface area is 141 Å². The molecular weight excluding hydrogens is 312 g/mol. The van der Waals surface area contributed by atoms with Crippen molar-refractivity contribution in [2.45, 2.75) is 25.4 Å². The van der Waals surface area contributed by atoms with Gasteiger partial charge in [-0.05, 0) is 49.2 Å². The molecule has 0 spiro atoms. The minimum Gasteiger partial charge on any atom is -0.486 e. The molecule has 0 bridgehead atoms. The van der Waals surface area contributed by atoms with Gasteiger partial charge in [0.15, 0.2) is 11.5 Å². The van der Waals surface area contributed by atoms with Crippen LogP contribution in [0.3, 0.4) is 0 Å². The summed E-state index contributed by atoms with van der Waals surface area (Å²) in [6.45, 7) is 3.14. The van der Waals surface area contributed by atoms with Crippen LogP contribution in [-0.2, 0) is 13.6 Å². The summed E-state index contributed by atoms with van der Waals surface area (Å²) >= 11 is 6.37. The lowest BCUT2D eigenvalue weighted by Gasteiger charge is -2.26. The van der Waals surface area contributed by atoms with Crippen LogP contribution in [-0.4, -0.2) is 29.2 Å². The summed E-state index contributed by atoms with van der Waals surface area (Å²) in [4.78, 5) is 2.52. The van der Waals surface area contributed by atoms with Gasteiger partial charge in [0.2, 0.25) is 0 Å². The minimum absolute atomic E-state index is 0.474. The fourth-order valence-electron chi connectivity index (χ4n) is 3.66. The van der Waals surface area contributed by atoms with Crippen LogP contribution >= 0.6 is 11.6 Å². The second kappa shape index (κ2) is 6.10. The number of aromatic nitrogens is 1. The van der Waals surface area contributed by atoms with Crippen LogP contribution in [0.25, 0.3) is 0 Å². The summed E-state index contributed by atoms with van der Waals surface area (Å²) in [6, 6.07) is 8.89. The molecule has 23 heavy (non-hydrogen) atoms. The average Bonchev–Trinajstić information content (AvgIpc) is 3.16. The van der Waals surface area contributed by atoms with Gasteiger partial charge in [-0.3, -0.25) is 4.90 Å². The molecule has 2 aliphatic rings. The molecule has 4 rings (SSSR count). The normalized spacial score (nSPS) is 20.9. The van der Waals surface area contributed by atoms with E-state index in [4.69, 9.17) is 21.1 Å². The Morgan fingerprint density at radius 2 is 2.13 bits per heavy atom. The maximum Gasteiger partial charge on any atom is 0.179 e. The quantitative estimate of drug-likeness (QED) is 0.855. The van der Waals surface area contributed by atoms with E-state index in [1.165, 1.54) is 24.1 Å². The van der Waals surface area contributed by atoms with Crippen molar-refractivity contribution in [1.82, 2.24) is 9.47 Å². The predicted octanol–water partition coefficient (Wildman–Crippen LogP) is 3.79. The number of ether oxygens (including phenoxy) is 2. The summed E-state index contributed by atoms with van der Waals surface area (Å²) in [7, 11) is 2.12. The van der Waals surface area contributed by atoms with Crippen LogP contribution in [0.5, 0.6) is 11.5 Å². The van der Waals surface area contributed by atoms with Crippen molar-refractivity contribution in [1.29, 1.82) is 0 Å². The Kier molecular flexibility index (Phi) is 3.95. The third-order valence-electron chi connectivity index (χ3n) is 4.73. The first-order valence-electron chi connectivity index (χ1n) is 8.15. The maximum absolute atomic E-state index is 6.37. The first-order valence-corrected chi connectivity index (χ1v) is 8.53. The topological polar surface area (TPSA) is 26.6 Å². The molecule has 2 aliphatic heterocycles. The number of hydrogen-bond donors (Lipinski definition) is 0. The van der Waals surface area contributed by atoms with Gasteiger partial charge in [0.1, 0.15) is 13.2 Å². The van der Waals surface area contributed by atoms with E-state index in [1.807, 2.05) is 6.07 Å². The second-order valence-corrected chi connectivity index (χ2v) is 6.68. The van der Waals surface area contributed by atoms with E-state index in [0.717, 1.165) is 18.8 Å². The molecule has 1 aromatic carbocycles. The zero-order valence-electron chi connectivity index (χ0n) is 13.3. The van der Waals surface area contributed by atoms with E-state index in [-0.39, 0.29) is 0 Å². The summed E-state index contributed by atoms with van der Waals surface area (Å²) in [6.07, 6.45) is 4.55. The van der Waals surface area contributed by atoms with E-state index >= 15 is 0 Å². The monoisotopic (exact) mass is 332 g/mol. The SMILES string of the molecule is Cn1cccc1C1CCCN1Cc1cc(Cl)c2c(c1)OCCO2. The van der Waals surface area contributed by atoms with Crippen molar-refractivity contribution in [2.75, 3.05) is 19.8 Å². The molecule has 4 nitrogen and oxygen atoms in total. The summed E-state index contributed by atoms with van der Waals surface area (Å²) < 4.78 is 13.5. The molecule has 0 amide bonds. The standard InChI is InChI=1S/C18H21ClN2O2/c1-20-6-2-4-15(20)16-5-3-7-21(16)12-13-10-14(19)18-17(11-13)22-8-9-23-18/h2,4,6,10-11,16H,3,5,7-9,12H2,1H3. The molecule has 5 heteroatoms. The van der Waals surface area contributed by atoms with Crippen LogP contribution in [0.15, 0.2) is 30.5 Å². The van der Waals surface area contributed by atoms with Gasteiger partial charge in [-0.2, -0.15) is 0 Å². The molecule has 1 fully saturated rings. The molecule has 2 aromatic rings. The summed E-state index contributed by atoms with van der Waals surface area (Å²) in [5.74, 6) is 1.45. The predicted molar refractivity (Wildman–Crippen MR) is 90.2 cm³/mol. The molecule has 0 saturated carbocycles. The first-order chi connectivity index (χ1) is 11.2. The Morgan fingerprint density at radius 1 is 1.26 bits per heavy atom. The van der Waals surface area contributed by atoms with Crippen LogP contribution in [0.2, 0.25) is 5.02 Å². The highest BCUT2D eigenvalue weighted by molar-refractivity contribution is 6.32. The van der Waals surface area contributed by atoms with Gasteiger partial charge < -0.3 is 14.0 Å². The maximum atomic E-state index is 6.37. The van der Waals surface area contributed by atoms with Gasteiger partial charge in [-0.25, -0.2) is 0 Å². The van der Waals surface area contributed by atoms with Crippen LogP contribution in [0.4, 0.5) is 0 Å². The van der Waals surface area contributed by atoms with E-state index < -0.39 is 0 Å². The molecule has 0 aliphatic carbocycles. The largest absolute Gasteiger partial charge is 0.486 e. The Hall–Kier alpha value is -1.65. The number of hydrogen-bond acceptors (Lipinski definition) is 3. The number of halogens is 1. The molecule has 1 unspecified atom stereocenters. The van der Waals surface area contributed by atoms with E-state index in [2.05, 4.69) is 40.9 Å². The molecule has 3 heterocycles. The molecule has 0 radical (unpaired) electrons. The number of rotatable bonds is 3. The van der Waals surface area contributed by atoms with E-state index in [1.54, 1.807) is 0 Å². The van der Waals surface area contributed by atoms with Crippen molar-refractivity contribution in [2.24, 2.45) is 7.05 Å². The highest BCUT2D eigenvalue weighted by atomic mass is 35.5. The molecule has 0 N–H and O–H groups in total. The van der Waals surface area contributed by atoms with E-state index in [0.29, 0.717) is 30.0 Å². The van der Waals surface area contributed by atoms with Gasteiger partial charge in [-0.1, -0.05) is 11.6 Å². The van der Waals surface area contributed by atoms with Crippen molar-refractivity contribution in [3.63, 3.8) is 0 Å². The highest BCUT2D eigenvalue weighted by Gasteiger charge is 2.28. The van der Waals surface area contributed by atoms with Crippen molar-refractivity contribution >= 4 is 11.6 Å². The third-order valence-corrected chi connectivity index (χ3v) is 5.01. The first kappa shape index (κ1) is 14.9. The van der Waals surface area contributed by atoms with Crippen molar-refractivity contribution in [3.05, 3.63) is 46.7 Å². The fraction of sp³-hybridized carbons (Fsp3) is 0.444. The Balaban J connectivity index is 1.58. The minimum atomic E-state index is 0.474. The lowest BCUT2D eigenvalue weighted by atomic mass is 10.1. The van der Waals surface area contributed by atoms with Crippen molar-refractivity contribution in [3.8, 4) is 11.5 Å². The molecule has 1 atom stereocenters. The second-order valence-electron chi connectivity index (χ2n) is 6.27. The molecular formula is C18H21ClN2O2. The number of fused-ring (bicyclic) bond motifs is 1. The highest BCUT2D eigenvalue weighted by Crippen LogP contribution is 2.40. The number of nitrogens with zero attached hydrogens (tertiary/aromatic N) is 2. The number of aryl methyl sites for hydroxylation is 1. The van der Waals surface area contributed by atoms with Gasteiger partial charge in [0, 0.05) is 25.5 Å². The van der Waals surface area contributed by atoms with Crippen LogP contribution in [0.1, 0.15) is 30.1 Å². The zero-order valence-corrected chi connectivity index (χ0v) is 14.1. The van der Waals surface area contributed by atoms with Gasteiger partial charge >= 0.3 is 0 Å². The Bertz CT molecular complexity index is 713. The number of likely N-dealkylation sites (tertiary alicyclic amines) is 1. The van der Waals surface area contributed by atoms with Crippen molar-refractivity contribution < 1.29 is 9.47 Å². The van der Waals surface area contributed by atoms with Gasteiger partial charge in [-0.15, -0.1) is 0 Å². The van der Waals surface area contributed by atoms with Gasteiger partial charge in [0.25, 0.3) is 0 Å². The molecule has 122 valence electrons. The Morgan fingerprint density at radius 3 is 2.96 bits per heavy atom. The van der Waals surface area contributed by atoms with Gasteiger partial charge in [0.05, 0.1) is 11.1 Å². The van der Waals surface area contributed by atoms with Crippen LogP contribution < -0.4 is 9.47 Å². The number of benzene rings is 1. The molecule has 1 aromatic heterocycles.